The van der Waals surface area contributed by atoms with Gasteiger partial charge in [-0.05, 0) is 73.0 Å². The molecule has 0 saturated heterocycles. The molecule has 8 heteroatoms. The molecule has 0 atom stereocenters. The maximum Gasteiger partial charge on any atom is 0.282 e. The number of benzene rings is 3. The number of imide groups is 1. The third-order valence-electron chi connectivity index (χ3n) is 5.57. The van der Waals surface area contributed by atoms with Gasteiger partial charge in [0.25, 0.3) is 17.5 Å². The van der Waals surface area contributed by atoms with E-state index in [9.17, 15) is 19.7 Å². The summed E-state index contributed by atoms with van der Waals surface area (Å²) >= 11 is 0. The Balaban J connectivity index is 1.83. The molecular formula is C25H18N4O4. The number of rotatable bonds is 5. The molecule has 0 saturated carbocycles. The second-order valence-electron chi connectivity index (χ2n) is 7.53. The monoisotopic (exact) mass is 438 g/mol. The summed E-state index contributed by atoms with van der Waals surface area (Å²) in [5.41, 5.74) is 3.77. The molecule has 3 aromatic rings. The van der Waals surface area contributed by atoms with Gasteiger partial charge in [-0.1, -0.05) is 12.1 Å². The minimum Gasteiger partial charge on any atom is -0.350 e. The number of carbonyl (C=O) groups is 2. The summed E-state index contributed by atoms with van der Waals surface area (Å²) < 4.78 is 0. The van der Waals surface area contributed by atoms with E-state index in [1.807, 2.05) is 38.1 Å². The first-order valence-corrected chi connectivity index (χ1v) is 10.0. The summed E-state index contributed by atoms with van der Waals surface area (Å²) in [6, 6.07) is 19.2. The first-order chi connectivity index (χ1) is 15.8. The number of amides is 2. The van der Waals surface area contributed by atoms with E-state index in [1.54, 1.807) is 0 Å². The molecule has 0 radical (unpaired) electrons. The molecule has 1 heterocycles. The van der Waals surface area contributed by atoms with E-state index in [1.165, 1.54) is 48.5 Å². The van der Waals surface area contributed by atoms with Gasteiger partial charge in [-0.25, -0.2) is 4.90 Å². The van der Waals surface area contributed by atoms with E-state index in [-0.39, 0.29) is 17.0 Å². The lowest BCUT2D eigenvalue weighted by molar-refractivity contribution is -0.384. The Morgan fingerprint density at radius 3 is 2.21 bits per heavy atom. The van der Waals surface area contributed by atoms with E-state index in [2.05, 4.69) is 5.32 Å². The summed E-state index contributed by atoms with van der Waals surface area (Å²) in [5.74, 6) is -1.12. The van der Waals surface area contributed by atoms with Gasteiger partial charge in [-0.15, -0.1) is 0 Å². The second kappa shape index (κ2) is 8.40. The number of hydrogen-bond acceptors (Lipinski definition) is 6. The van der Waals surface area contributed by atoms with Crippen molar-refractivity contribution in [3.63, 3.8) is 0 Å². The standard InChI is InChI=1S/C25H18N4O4/c1-15-4-3-5-21(16(15)2)27-23-22(18-8-12-20(13-9-18)29(32)33)24(30)28(25(23)31)19-10-6-17(14-26)7-11-19/h3-13,27H,1-2H3. The lowest BCUT2D eigenvalue weighted by atomic mass is 10.0. The Bertz CT molecular complexity index is 1370. The van der Waals surface area contributed by atoms with E-state index >= 15 is 0 Å². The topological polar surface area (TPSA) is 116 Å². The van der Waals surface area contributed by atoms with Crippen LogP contribution in [0.4, 0.5) is 17.1 Å². The number of aryl methyl sites for hydroxylation is 1. The average molecular weight is 438 g/mol. The highest BCUT2D eigenvalue weighted by molar-refractivity contribution is 6.46. The number of nitro benzene ring substituents is 1. The molecule has 0 fully saturated rings. The third kappa shape index (κ3) is 3.83. The summed E-state index contributed by atoms with van der Waals surface area (Å²) in [6.45, 7) is 3.85. The van der Waals surface area contributed by atoms with Crippen molar-refractivity contribution >= 4 is 34.4 Å². The van der Waals surface area contributed by atoms with Crippen molar-refractivity contribution in [2.45, 2.75) is 13.8 Å². The fraction of sp³-hybridized carbons (Fsp3) is 0.0800. The van der Waals surface area contributed by atoms with Crippen molar-refractivity contribution in [2.24, 2.45) is 0 Å². The first-order valence-electron chi connectivity index (χ1n) is 10.0. The Morgan fingerprint density at radius 1 is 0.939 bits per heavy atom. The number of anilines is 2. The van der Waals surface area contributed by atoms with Crippen LogP contribution in [-0.4, -0.2) is 16.7 Å². The van der Waals surface area contributed by atoms with Crippen molar-refractivity contribution in [2.75, 3.05) is 10.2 Å². The number of carbonyl (C=O) groups excluding carboxylic acids is 2. The Labute approximate surface area is 189 Å². The van der Waals surface area contributed by atoms with Crippen molar-refractivity contribution in [3.8, 4) is 6.07 Å². The van der Waals surface area contributed by atoms with Crippen LogP contribution in [0, 0.1) is 35.3 Å². The normalized spacial score (nSPS) is 13.3. The van der Waals surface area contributed by atoms with E-state index in [0.29, 0.717) is 22.5 Å². The maximum absolute atomic E-state index is 13.5. The SMILES string of the molecule is Cc1cccc(NC2=C(c3ccc([N+](=O)[O-])cc3)C(=O)N(c3ccc(C#N)cc3)C2=O)c1C. The predicted octanol–water partition coefficient (Wildman–Crippen LogP) is 4.48. The van der Waals surface area contributed by atoms with Crippen LogP contribution in [0.3, 0.4) is 0 Å². The van der Waals surface area contributed by atoms with Gasteiger partial charge in [0.1, 0.15) is 5.70 Å². The van der Waals surface area contributed by atoms with E-state index in [0.717, 1.165) is 16.0 Å². The maximum atomic E-state index is 13.5. The lowest BCUT2D eigenvalue weighted by Gasteiger charge is -2.16. The number of non-ortho nitro benzene ring substituents is 1. The zero-order valence-electron chi connectivity index (χ0n) is 17.8. The van der Waals surface area contributed by atoms with Crippen LogP contribution in [0.15, 0.2) is 72.4 Å². The molecule has 0 aromatic heterocycles. The van der Waals surface area contributed by atoms with Crippen LogP contribution in [-0.2, 0) is 9.59 Å². The third-order valence-corrected chi connectivity index (χ3v) is 5.57. The number of nitrogens with one attached hydrogen (secondary N) is 1. The second-order valence-corrected chi connectivity index (χ2v) is 7.53. The predicted molar refractivity (Wildman–Crippen MR) is 123 cm³/mol. The van der Waals surface area contributed by atoms with E-state index < -0.39 is 16.7 Å². The Morgan fingerprint density at radius 2 is 1.61 bits per heavy atom. The Kier molecular flexibility index (Phi) is 5.46. The van der Waals surface area contributed by atoms with Crippen LogP contribution in [0.25, 0.3) is 5.57 Å². The molecule has 1 aliphatic heterocycles. The molecule has 1 aliphatic rings. The smallest absolute Gasteiger partial charge is 0.282 e. The molecule has 3 aromatic carbocycles. The largest absolute Gasteiger partial charge is 0.350 e. The Hall–Kier alpha value is -4.77. The number of nitro groups is 1. The zero-order valence-corrected chi connectivity index (χ0v) is 17.8. The molecule has 0 aliphatic carbocycles. The van der Waals surface area contributed by atoms with Crippen molar-refractivity contribution in [1.82, 2.24) is 0 Å². The minimum absolute atomic E-state index is 0.0758. The van der Waals surface area contributed by atoms with Gasteiger partial charge in [0.05, 0.1) is 27.8 Å². The molecule has 0 spiro atoms. The van der Waals surface area contributed by atoms with Gasteiger partial charge >= 0.3 is 0 Å². The fourth-order valence-electron chi connectivity index (χ4n) is 3.60. The van der Waals surface area contributed by atoms with Gasteiger partial charge in [-0.2, -0.15) is 5.26 Å². The van der Waals surface area contributed by atoms with Gasteiger partial charge in [0.2, 0.25) is 0 Å². The van der Waals surface area contributed by atoms with Gasteiger partial charge in [0, 0.05) is 17.8 Å². The highest BCUT2D eigenvalue weighted by atomic mass is 16.6. The number of nitriles is 1. The van der Waals surface area contributed by atoms with Crippen molar-refractivity contribution in [1.29, 1.82) is 5.26 Å². The quantitative estimate of drug-likeness (QED) is 0.357. The van der Waals surface area contributed by atoms with Crippen LogP contribution >= 0.6 is 0 Å². The van der Waals surface area contributed by atoms with Crippen LogP contribution in [0.5, 0.6) is 0 Å². The van der Waals surface area contributed by atoms with Gasteiger partial charge < -0.3 is 5.32 Å². The lowest BCUT2D eigenvalue weighted by Crippen LogP contribution is -2.32. The van der Waals surface area contributed by atoms with Crippen molar-refractivity contribution < 1.29 is 14.5 Å². The van der Waals surface area contributed by atoms with E-state index in [4.69, 9.17) is 5.26 Å². The van der Waals surface area contributed by atoms with Crippen molar-refractivity contribution in [3.05, 3.63) is 105 Å². The zero-order chi connectivity index (χ0) is 23.7. The fourth-order valence-corrected chi connectivity index (χ4v) is 3.60. The molecule has 1 N–H and O–H groups in total. The summed E-state index contributed by atoms with van der Waals surface area (Å²) in [5, 5.41) is 23.2. The average Bonchev–Trinajstić information content (AvgIpc) is 3.06. The van der Waals surface area contributed by atoms with Gasteiger partial charge in [-0.3, -0.25) is 19.7 Å². The molecule has 33 heavy (non-hydrogen) atoms. The first kappa shape index (κ1) is 21.5. The summed E-state index contributed by atoms with van der Waals surface area (Å²) in [6.07, 6.45) is 0. The molecule has 4 rings (SSSR count). The van der Waals surface area contributed by atoms with Crippen LogP contribution in [0.2, 0.25) is 0 Å². The minimum atomic E-state index is -0.564. The molecule has 162 valence electrons. The number of hydrogen-bond donors (Lipinski definition) is 1. The van der Waals surface area contributed by atoms with Crippen LogP contribution in [0.1, 0.15) is 22.3 Å². The molecular weight excluding hydrogens is 420 g/mol. The highest BCUT2D eigenvalue weighted by Gasteiger charge is 2.40. The molecule has 0 unspecified atom stereocenters. The summed E-state index contributed by atoms with van der Waals surface area (Å²) in [4.78, 5) is 38.4. The van der Waals surface area contributed by atoms with Crippen LogP contribution < -0.4 is 10.2 Å². The molecule has 8 nitrogen and oxygen atoms in total. The molecule has 2 amide bonds. The van der Waals surface area contributed by atoms with Gasteiger partial charge in [0.15, 0.2) is 0 Å². The highest BCUT2D eigenvalue weighted by Crippen LogP contribution is 2.35. The number of nitrogens with zero attached hydrogens (tertiary/aromatic N) is 3. The summed E-state index contributed by atoms with van der Waals surface area (Å²) in [7, 11) is 0. The molecule has 0 bridgehead atoms.